The Kier molecular flexibility index (Phi) is 5.42. The van der Waals surface area contributed by atoms with E-state index in [9.17, 15) is 0 Å². The van der Waals surface area contributed by atoms with Crippen molar-refractivity contribution in [3.63, 3.8) is 0 Å². The number of anilines is 2. The number of thiophene rings is 1. The second kappa shape index (κ2) is 9.19. The van der Waals surface area contributed by atoms with Crippen LogP contribution in [0, 0.1) is 0 Å². The molecule has 196 valence electrons. The quantitative estimate of drug-likeness (QED) is 0.233. The zero-order valence-electron chi connectivity index (χ0n) is 23.1. The summed E-state index contributed by atoms with van der Waals surface area (Å²) in [5.74, 6) is 0. The molecule has 1 aliphatic carbocycles. The van der Waals surface area contributed by atoms with E-state index < -0.39 is 0 Å². The molecule has 8 rings (SSSR count). The minimum Gasteiger partial charge on any atom is -0.355 e. The van der Waals surface area contributed by atoms with Crippen molar-refractivity contribution in [2.45, 2.75) is 19.3 Å². The second-order valence-electron chi connectivity index (χ2n) is 11.5. The van der Waals surface area contributed by atoms with Crippen molar-refractivity contribution >= 4 is 42.9 Å². The minimum absolute atomic E-state index is 0.0984. The maximum absolute atomic E-state index is 3.83. The SMILES string of the molecule is CC1(C)c2cccc(Nc3ccc4sc5cc(-c6ccccc6)ccc5c4c3)c2-c2cccc(-c3ccccc3)c21. The molecule has 1 nitrogen and oxygen atoms in total. The summed E-state index contributed by atoms with van der Waals surface area (Å²) in [6.45, 7) is 4.72. The molecule has 0 atom stereocenters. The first kappa shape index (κ1) is 24.2. The molecular weight excluding hydrogens is 515 g/mol. The van der Waals surface area contributed by atoms with Crippen molar-refractivity contribution in [3.8, 4) is 33.4 Å². The topological polar surface area (TPSA) is 12.0 Å². The van der Waals surface area contributed by atoms with E-state index in [0.29, 0.717) is 0 Å². The highest BCUT2D eigenvalue weighted by atomic mass is 32.1. The first-order valence-corrected chi connectivity index (χ1v) is 15.0. The summed E-state index contributed by atoms with van der Waals surface area (Å²) < 4.78 is 2.64. The molecule has 0 spiro atoms. The van der Waals surface area contributed by atoms with Crippen LogP contribution in [-0.2, 0) is 5.41 Å². The van der Waals surface area contributed by atoms with Crippen molar-refractivity contribution in [3.05, 3.63) is 145 Å². The zero-order valence-corrected chi connectivity index (χ0v) is 23.9. The van der Waals surface area contributed by atoms with Crippen molar-refractivity contribution in [2.24, 2.45) is 0 Å². The lowest BCUT2D eigenvalue weighted by Crippen LogP contribution is -2.16. The zero-order chi connectivity index (χ0) is 27.6. The number of hydrogen-bond acceptors (Lipinski definition) is 2. The predicted molar refractivity (Wildman–Crippen MR) is 177 cm³/mol. The summed E-state index contributed by atoms with van der Waals surface area (Å²) in [7, 11) is 0. The van der Waals surface area contributed by atoms with Gasteiger partial charge in [-0.2, -0.15) is 0 Å². The normalized spacial score (nSPS) is 13.3. The largest absolute Gasteiger partial charge is 0.355 e. The van der Waals surface area contributed by atoms with E-state index in [0.717, 1.165) is 11.4 Å². The maximum Gasteiger partial charge on any atom is 0.0467 e. The fourth-order valence-electron chi connectivity index (χ4n) is 6.72. The molecule has 1 aliphatic rings. The average molecular weight is 544 g/mol. The molecular formula is C39H29NS. The lowest BCUT2D eigenvalue weighted by atomic mass is 9.79. The van der Waals surface area contributed by atoms with Crippen LogP contribution in [0.25, 0.3) is 53.6 Å². The summed E-state index contributed by atoms with van der Waals surface area (Å²) >= 11 is 1.87. The molecule has 1 aromatic heterocycles. The van der Waals surface area contributed by atoms with Crippen LogP contribution in [0.2, 0.25) is 0 Å². The minimum atomic E-state index is -0.0984. The Hall–Kier alpha value is -4.66. The van der Waals surface area contributed by atoms with Gasteiger partial charge in [-0.05, 0) is 69.3 Å². The molecule has 0 amide bonds. The van der Waals surface area contributed by atoms with Gasteiger partial charge in [0.1, 0.15) is 0 Å². The van der Waals surface area contributed by atoms with Crippen LogP contribution in [-0.4, -0.2) is 0 Å². The highest BCUT2D eigenvalue weighted by Crippen LogP contribution is 2.54. The van der Waals surface area contributed by atoms with Crippen molar-refractivity contribution < 1.29 is 0 Å². The molecule has 41 heavy (non-hydrogen) atoms. The van der Waals surface area contributed by atoms with Gasteiger partial charge in [-0.15, -0.1) is 11.3 Å². The van der Waals surface area contributed by atoms with Crippen LogP contribution in [0.5, 0.6) is 0 Å². The van der Waals surface area contributed by atoms with E-state index in [1.165, 1.54) is 64.7 Å². The van der Waals surface area contributed by atoms with E-state index in [2.05, 4.69) is 153 Å². The smallest absolute Gasteiger partial charge is 0.0467 e. The van der Waals surface area contributed by atoms with Crippen molar-refractivity contribution in [2.75, 3.05) is 5.32 Å². The van der Waals surface area contributed by atoms with Crippen LogP contribution >= 0.6 is 11.3 Å². The van der Waals surface area contributed by atoms with Gasteiger partial charge in [0.25, 0.3) is 0 Å². The summed E-state index contributed by atoms with van der Waals surface area (Å²) in [4.78, 5) is 0. The van der Waals surface area contributed by atoms with Crippen molar-refractivity contribution in [1.29, 1.82) is 0 Å². The third-order valence-corrected chi connectivity index (χ3v) is 9.77. The molecule has 0 aliphatic heterocycles. The Morgan fingerprint density at radius 2 is 1.27 bits per heavy atom. The van der Waals surface area contributed by atoms with Crippen LogP contribution in [0.1, 0.15) is 25.0 Å². The number of benzene rings is 6. The second-order valence-corrected chi connectivity index (χ2v) is 12.5. The van der Waals surface area contributed by atoms with Crippen LogP contribution < -0.4 is 5.32 Å². The molecule has 2 heteroatoms. The van der Waals surface area contributed by atoms with E-state index in [4.69, 9.17) is 0 Å². The molecule has 0 saturated carbocycles. The highest BCUT2D eigenvalue weighted by Gasteiger charge is 2.38. The molecule has 6 aromatic carbocycles. The molecule has 0 saturated heterocycles. The molecule has 0 radical (unpaired) electrons. The molecule has 1 N–H and O–H groups in total. The number of hydrogen-bond donors (Lipinski definition) is 1. The lowest BCUT2D eigenvalue weighted by molar-refractivity contribution is 0.662. The average Bonchev–Trinajstić information content (AvgIpc) is 3.50. The van der Waals surface area contributed by atoms with Gasteiger partial charge in [0, 0.05) is 42.5 Å². The van der Waals surface area contributed by atoms with Gasteiger partial charge in [-0.3, -0.25) is 0 Å². The fourth-order valence-corrected chi connectivity index (χ4v) is 7.84. The fraction of sp³-hybridized carbons (Fsp3) is 0.0769. The predicted octanol–water partition coefficient (Wildman–Crippen LogP) is 11.4. The first-order chi connectivity index (χ1) is 20.1. The van der Waals surface area contributed by atoms with Gasteiger partial charge in [0.15, 0.2) is 0 Å². The van der Waals surface area contributed by atoms with Gasteiger partial charge in [-0.25, -0.2) is 0 Å². The number of nitrogens with one attached hydrogen (secondary N) is 1. The standard InChI is InChI=1S/C39H29NS/c1-39(2)33-17-10-18-34(37(33)31-16-9-15-29(38(31)39)26-13-7-4-8-14-26)40-28-20-22-35-32(24-28)30-21-19-27(23-36(30)41-35)25-11-5-3-6-12-25/h3-24,40H,1-2H3. The van der Waals surface area contributed by atoms with E-state index >= 15 is 0 Å². The van der Waals surface area contributed by atoms with E-state index in [1.807, 2.05) is 11.3 Å². The molecule has 7 aromatic rings. The van der Waals surface area contributed by atoms with Crippen LogP contribution in [0.15, 0.2) is 133 Å². The van der Waals surface area contributed by atoms with E-state index in [-0.39, 0.29) is 5.41 Å². The number of rotatable bonds is 4. The Balaban J connectivity index is 1.22. The van der Waals surface area contributed by atoms with Gasteiger partial charge in [-0.1, -0.05) is 117 Å². The van der Waals surface area contributed by atoms with Crippen LogP contribution in [0.3, 0.4) is 0 Å². The molecule has 0 fully saturated rings. The van der Waals surface area contributed by atoms with Gasteiger partial charge < -0.3 is 5.32 Å². The Bertz CT molecular complexity index is 2080. The summed E-state index contributed by atoms with van der Waals surface area (Å²) in [5, 5.41) is 6.44. The lowest BCUT2D eigenvalue weighted by Gasteiger charge is -2.24. The Labute approximate surface area is 244 Å². The van der Waals surface area contributed by atoms with E-state index in [1.54, 1.807) is 0 Å². The van der Waals surface area contributed by atoms with Gasteiger partial charge in [0.05, 0.1) is 0 Å². The number of fused-ring (bicyclic) bond motifs is 6. The Morgan fingerprint density at radius 3 is 2.07 bits per heavy atom. The summed E-state index contributed by atoms with van der Waals surface area (Å²) in [6.07, 6.45) is 0. The summed E-state index contributed by atoms with van der Waals surface area (Å²) in [5.41, 5.74) is 12.7. The third-order valence-electron chi connectivity index (χ3n) is 8.64. The monoisotopic (exact) mass is 543 g/mol. The van der Waals surface area contributed by atoms with Gasteiger partial charge >= 0.3 is 0 Å². The Morgan fingerprint density at radius 1 is 0.537 bits per heavy atom. The maximum atomic E-state index is 3.83. The van der Waals surface area contributed by atoms with Crippen LogP contribution in [0.4, 0.5) is 11.4 Å². The first-order valence-electron chi connectivity index (χ1n) is 14.2. The molecule has 1 heterocycles. The molecule has 0 bridgehead atoms. The summed E-state index contributed by atoms with van der Waals surface area (Å²) in [6, 6.07) is 48.6. The van der Waals surface area contributed by atoms with Gasteiger partial charge in [0.2, 0.25) is 0 Å². The highest BCUT2D eigenvalue weighted by molar-refractivity contribution is 7.25. The van der Waals surface area contributed by atoms with Crippen molar-refractivity contribution in [1.82, 2.24) is 0 Å². The third kappa shape index (κ3) is 3.83. The molecule has 0 unspecified atom stereocenters.